The van der Waals surface area contributed by atoms with Gasteiger partial charge in [0.25, 0.3) is 0 Å². The Morgan fingerprint density at radius 3 is 2.06 bits per heavy atom. The fourth-order valence-corrected chi connectivity index (χ4v) is 2.86. The summed E-state index contributed by atoms with van der Waals surface area (Å²) in [6.07, 6.45) is 0.393. The standard InChI is InChI=1S/C12H17F3O/c13-12(14,15)10-7-2-1-6-9(10)11(16)8-4-3-5-8/h8-10H,1-7H2. The number of carbonyl (C=O) groups excluding carboxylic acids is 1. The first kappa shape index (κ1) is 11.9. The van der Waals surface area contributed by atoms with E-state index in [1.54, 1.807) is 0 Å². The summed E-state index contributed by atoms with van der Waals surface area (Å²) >= 11 is 0. The lowest BCUT2D eigenvalue weighted by Crippen LogP contribution is -2.41. The van der Waals surface area contributed by atoms with Crippen LogP contribution in [0.2, 0.25) is 0 Å². The van der Waals surface area contributed by atoms with Gasteiger partial charge in [0.05, 0.1) is 5.92 Å². The molecule has 16 heavy (non-hydrogen) atoms. The maximum absolute atomic E-state index is 12.8. The van der Waals surface area contributed by atoms with Crippen LogP contribution in [0.5, 0.6) is 0 Å². The van der Waals surface area contributed by atoms with Gasteiger partial charge in [0.1, 0.15) is 5.78 Å². The van der Waals surface area contributed by atoms with E-state index in [0.29, 0.717) is 12.8 Å². The van der Waals surface area contributed by atoms with Crippen LogP contribution >= 0.6 is 0 Å². The molecular formula is C12H17F3O. The number of ketones is 1. The molecule has 0 aliphatic heterocycles. The predicted octanol–water partition coefficient (Wildman–Crippen LogP) is 3.72. The van der Waals surface area contributed by atoms with Crippen molar-refractivity contribution in [3.05, 3.63) is 0 Å². The Morgan fingerprint density at radius 1 is 0.938 bits per heavy atom. The van der Waals surface area contributed by atoms with Crippen LogP contribution in [0.4, 0.5) is 13.2 Å². The molecule has 92 valence electrons. The van der Waals surface area contributed by atoms with E-state index in [0.717, 1.165) is 25.7 Å². The molecule has 2 aliphatic carbocycles. The van der Waals surface area contributed by atoms with Crippen molar-refractivity contribution in [1.82, 2.24) is 0 Å². The summed E-state index contributed by atoms with van der Waals surface area (Å²) in [7, 11) is 0. The maximum Gasteiger partial charge on any atom is 0.392 e. The summed E-state index contributed by atoms with van der Waals surface area (Å²) in [6, 6.07) is 0. The fourth-order valence-electron chi connectivity index (χ4n) is 2.86. The molecule has 2 aliphatic rings. The highest BCUT2D eigenvalue weighted by atomic mass is 19.4. The summed E-state index contributed by atoms with van der Waals surface area (Å²) in [5.74, 6) is -2.27. The lowest BCUT2D eigenvalue weighted by molar-refractivity contribution is -0.199. The van der Waals surface area contributed by atoms with Gasteiger partial charge in [-0.2, -0.15) is 13.2 Å². The van der Waals surface area contributed by atoms with E-state index in [-0.39, 0.29) is 18.1 Å². The second kappa shape index (κ2) is 4.38. The highest BCUT2D eigenvalue weighted by molar-refractivity contribution is 5.84. The molecule has 0 heterocycles. The molecule has 1 nitrogen and oxygen atoms in total. The van der Waals surface area contributed by atoms with Crippen molar-refractivity contribution in [3.63, 3.8) is 0 Å². The number of halogens is 3. The Morgan fingerprint density at radius 2 is 1.56 bits per heavy atom. The first-order valence-electron chi connectivity index (χ1n) is 6.10. The third-order valence-corrected chi connectivity index (χ3v) is 4.06. The molecule has 2 atom stereocenters. The molecule has 4 heteroatoms. The molecule has 0 bridgehead atoms. The molecule has 2 saturated carbocycles. The monoisotopic (exact) mass is 234 g/mol. The van der Waals surface area contributed by atoms with E-state index in [1.165, 1.54) is 0 Å². The molecule has 0 aromatic carbocycles. The minimum Gasteiger partial charge on any atom is -0.299 e. The van der Waals surface area contributed by atoms with Gasteiger partial charge in [-0.05, 0) is 25.7 Å². The molecule has 2 rings (SSSR count). The lowest BCUT2D eigenvalue weighted by atomic mass is 9.69. The van der Waals surface area contributed by atoms with Crippen molar-refractivity contribution in [2.75, 3.05) is 0 Å². The van der Waals surface area contributed by atoms with Crippen LogP contribution in [-0.4, -0.2) is 12.0 Å². The lowest BCUT2D eigenvalue weighted by Gasteiger charge is -2.36. The van der Waals surface area contributed by atoms with E-state index in [1.807, 2.05) is 0 Å². The molecule has 0 saturated heterocycles. The van der Waals surface area contributed by atoms with Gasteiger partial charge in [-0.1, -0.05) is 19.3 Å². The molecular weight excluding hydrogens is 217 g/mol. The van der Waals surface area contributed by atoms with Gasteiger partial charge >= 0.3 is 6.18 Å². The van der Waals surface area contributed by atoms with E-state index >= 15 is 0 Å². The average Bonchev–Trinajstić information content (AvgIpc) is 2.13. The number of hydrogen-bond donors (Lipinski definition) is 0. The number of alkyl halides is 3. The van der Waals surface area contributed by atoms with Gasteiger partial charge in [-0.3, -0.25) is 4.79 Å². The second-order valence-electron chi connectivity index (χ2n) is 5.07. The molecule has 0 N–H and O–H groups in total. The Hall–Kier alpha value is -0.540. The van der Waals surface area contributed by atoms with E-state index in [2.05, 4.69) is 0 Å². The summed E-state index contributed by atoms with van der Waals surface area (Å²) < 4.78 is 38.4. The summed E-state index contributed by atoms with van der Waals surface area (Å²) in [5, 5.41) is 0. The topological polar surface area (TPSA) is 17.1 Å². The first-order chi connectivity index (χ1) is 7.50. The Bertz CT molecular complexity index is 268. The maximum atomic E-state index is 12.8. The van der Waals surface area contributed by atoms with Crippen LogP contribution in [0.15, 0.2) is 0 Å². The largest absolute Gasteiger partial charge is 0.392 e. The third-order valence-electron chi connectivity index (χ3n) is 4.06. The Balaban J connectivity index is 2.06. The zero-order valence-corrected chi connectivity index (χ0v) is 9.22. The fraction of sp³-hybridized carbons (Fsp3) is 0.917. The van der Waals surface area contributed by atoms with Crippen molar-refractivity contribution in [3.8, 4) is 0 Å². The van der Waals surface area contributed by atoms with Gasteiger partial charge in [0, 0.05) is 11.8 Å². The third kappa shape index (κ3) is 2.25. The van der Waals surface area contributed by atoms with Crippen molar-refractivity contribution >= 4 is 5.78 Å². The zero-order valence-electron chi connectivity index (χ0n) is 9.22. The van der Waals surface area contributed by atoms with Crippen molar-refractivity contribution in [1.29, 1.82) is 0 Å². The van der Waals surface area contributed by atoms with E-state index in [9.17, 15) is 18.0 Å². The van der Waals surface area contributed by atoms with Crippen molar-refractivity contribution in [2.45, 2.75) is 51.1 Å². The molecule has 0 aromatic rings. The molecule has 0 radical (unpaired) electrons. The van der Waals surface area contributed by atoms with Crippen LogP contribution in [0.1, 0.15) is 44.9 Å². The van der Waals surface area contributed by atoms with Gasteiger partial charge in [-0.25, -0.2) is 0 Å². The minimum absolute atomic E-state index is 0.0621. The quantitative estimate of drug-likeness (QED) is 0.711. The zero-order chi connectivity index (χ0) is 11.8. The minimum atomic E-state index is -4.19. The van der Waals surface area contributed by atoms with E-state index in [4.69, 9.17) is 0 Å². The van der Waals surface area contributed by atoms with Crippen LogP contribution in [0.25, 0.3) is 0 Å². The molecule has 2 unspecified atom stereocenters. The average molecular weight is 234 g/mol. The Kier molecular flexibility index (Phi) is 3.27. The highest BCUT2D eigenvalue weighted by Gasteiger charge is 2.49. The van der Waals surface area contributed by atoms with Gasteiger partial charge in [0.2, 0.25) is 0 Å². The molecule has 0 aromatic heterocycles. The van der Waals surface area contributed by atoms with E-state index < -0.39 is 18.0 Å². The number of rotatable bonds is 2. The van der Waals surface area contributed by atoms with Gasteiger partial charge in [0.15, 0.2) is 0 Å². The summed E-state index contributed by atoms with van der Waals surface area (Å²) in [5.41, 5.74) is 0. The highest BCUT2D eigenvalue weighted by Crippen LogP contribution is 2.44. The van der Waals surface area contributed by atoms with Crippen LogP contribution in [0.3, 0.4) is 0 Å². The summed E-state index contributed by atoms with van der Waals surface area (Å²) in [4.78, 5) is 11.9. The van der Waals surface area contributed by atoms with Crippen LogP contribution in [0, 0.1) is 17.8 Å². The SMILES string of the molecule is O=C(C1CCC1)C1CCCCC1C(F)(F)F. The summed E-state index contributed by atoms with van der Waals surface area (Å²) in [6.45, 7) is 0. The van der Waals surface area contributed by atoms with Crippen LogP contribution in [-0.2, 0) is 4.79 Å². The first-order valence-corrected chi connectivity index (χ1v) is 6.10. The Labute approximate surface area is 93.4 Å². The predicted molar refractivity (Wildman–Crippen MR) is 53.9 cm³/mol. The normalized spacial score (nSPS) is 32.2. The molecule has 0 spiro atoms. The van der Waals surface area contributed by atoms with Gasteiger partial charge in [-0.15, -0.1) is 0 Å². The number of Topliss-reactive ketones (excluding diaryl/α,β-unsaturated/α-hetero) is 1. The van der Waals surface area contributed by atoms with Gasteiger partial charge < -0.3 is 0 Å². The van der Waals surface area contributed by atoms with Crippen molar-refractivity contribution in [2.24, 2.45) is 17.8 Å². The molecule has 2 fully saturated rings. The second-order valence-corrected chi connectivity index (χ2v) is 5.07. The smallest absolute Gasteiger partial charge is 0.299 e. The number of hydrogen-bond acceptors (Lipinski definition) is 1. The molecule has 0 amide bonds. The van der Waals surface area contributed by atoms with Crippen LogP contribution < -0.4 is 0 Å². The van der Waals surface area contributed by atoms with Crippen molar-refractivity contribution < 1.29 is 18.0 Å². The number of carbonyl (C=O) groups is 1.